The number of ether oxygens (including phenoxy) is 1. The molecule has 5 heteroatoms. The zero-order valence-corrected chi connectivity index (χ0v) is 14.7. The highest BCUT2D eigenvalue weighted by Gasteiger charge is 2.32. The van der Waals surface area contributed by atoms with E-state index in [1.165, 1.54) is 0 Å². The summed E-state index contributed by atoms with van der Waals surface area (Å²) >= 11 is 0. The van der Waals surface area contributed by atoms with E-state index in [1.807, 2.05) is 37.3 Å². The molecule has 0 saturated heterocycles. The quantitative estimate of drug-likeness (QED) is 0.686. The van der Waals surface area contributed by atoms with Gasteiger partial charge in [-0.15, -0.1) is 0 Å². The average Bonchev–Trinajstić information content (AvgIpc) is 2.65. The molecule has 0 heterocycles. The molecule has 0 aliphatic heterocycles. The summed E-state index contributed by atoms with van der Waals surface area (Å²) in [6.45, 7) is 3.65. The second-order valence-corrected chi connectivity index (χ2v) is 6.19. The molecule has 0 bridgehead atoms. The van der Waals surface area contributed by atoms with Crippen LogP contribution < -0.4 is 10.1 Å². The van der Waals surface area contributed by atoms with Crippen molar-refractivity contribution >= 4 is 5.97 Å². The van der Waals surface area contributed by atoms with Gasteiger partial charge in [0.15, 0.2) is 0 Å². The fourth-order valence-electron chi connectivity index (χ4n) is 2.84. The first kappa shape index (κ1) is 19.0. The molecule has 5 nitrogen and oxygen atoms in total. The predicted octanol–water partition coefficient (Wildman–Crippen LogP) is 3.17. The molecule has 0 spiro atoms. The van der Waals surface area contributed by atoms with Crippen molar-refractivity contribution < 1.29 is 19.7 Å². The Hall–Kier alpha value is -2.37. The molecule has 134 valence electrons. The Kier molecular flexibility index (Phi) is 6.56. The Balaban J connectivity index is 2.13. The molecular weight excluding hydrogens is 318 g/mol. The number of nitrogens with one attached hydrogen (secondary N) is 1. The van der Waals surface area contributed by atoms with Gasteiger partial charge in [-0.05, 0) is 30.2 Å². The Labute approximate surface area is 148 Å². The van der Waals surface area contributed by atoms with Crippen LogP contribution in [0.25, 0.3) is 0 Å². The van der Waals surface area contributed by atoms with E-state index in [1.54, 1.807) is 38.3 Å². The van der Waals surface area contributed by atoms with Gasteiger partial charge in [0, 0.05) is 12.0 Å². The number of methoxy groups -OCH3 is 1. The van der Waals surface area contributed by atoms with E-state index < -0.39 is 24.0 Å². The number of carbonyl (C=O) groups is 1. The van der Waals surface area contributed by atoms with Crippen molar-refractivity contribution in [2.75, 3.05) is 7.11 Å². The van der Waals surface area contributed by atoms with Crippen molar-refractivity contribution in [3.63, 3.8) is 0 Å². The first-order valence-electron chi connectivity index (χ1n) is 8.30. The van der Waals surface area contributed by atoms with Crippen LogP contribution in [-0.2, 0) is 4.79 Å². The van der Waals surface area contributed by atoms with Gasteiger partial charge in [-0.3, -0.25) is 10.1 Å². The van der Waals surface area contributed by atoms with Crippen LogP contribution in [-0.4, -0.2) is 29.3 Å². The fourth-order valence-corrected chi connectivity index (χ4v) is 2.84. The number of carboxylic acids is 1. The number of hydrogen-bond donors (Lipinski definition) is 3. The van der Waals surface area contributed by atoms with E-state index in [4.69, 9.17) is 4.74 Å². The summed E-state index contributed by atoms with van der Waals surface area (Å²) in [7, 11) is 1.57. The first-order valence-corrected chi connectivity index (χ1v) is 8.30. The first-order chi connectivity index (χ1) is 11.9. The van der Waals surface area contributed by atoms with Gasteiger partial charge in [0.25, 0.3) is 0 Å². The molecule has 2 aromatic carbocycles. The second kappa shape index (κ2) is 8.65. The van der Waals surface area contributed by atoms with Crippen molar-refractivity contribution in [2.24, 2.45) is 5.92 Å². The van der Waals surface area contributed by atoms with Crippen LogP contribution in [0.15, 0.2) is 54.6 Å². The Morgan fingerprint density at radius 3 is 2.12 bits per heavy atom. The molecule has 0 saturated carbocycles. The van der Waals surface area contributed by atoms with Gasteiger partial charge in [0.05, 0.1) is 13.2 Å². The minimum absolute atomic E-state index is 0.146. The lowest BCUT2D eigenvalue weighted by Gasteiger charge is -2.29. The molecule has 0 unspecified atom stereocenters. The summed E-state index contributed by atoms with van der Waals surface area (Å²) in [5.74, 6) is -0.811. The number of carboxylic acid groups (broad SMARTS) is 1. The normalized spacial score (nSPS) is 15.8. The molecular formula is C20H25NO4. The van der Waals surface area contributed by atoms with Crippen LogP contribution in [0.2, 0.25) is 0 Å². The van der Waals surface area contributed by atoms with Gasteiger partial charge in [-0.2, -0.15) is 0 Å². The minimum Gasteiger partial charge on any atom is -0.497 e. The summed E-state index contributed by atoms with van der Waals surface area (Å²) in [4.78, 5) is 11.8. The number of aliphatic hydroxyl groups excluding tert-OH is 1. The lowest BCUT2D eigenvalue weighted by Crippen LogP contribution is -2.45. The maximum Gasteiger partial charge on any atom is 0.321 e. The fraction of sp³-hybridized carbons (Fsp3) is 0.350. The topological polar surface area (TPSA) is 78.8 Å². The maximum absolute atomic E-state index is 11.8. The number of hydrogen-bond acceptors (Lipinski definition) is 4. The van der Waals surface area contributed by atoms with Crippen molar-refractivity contribution in [1.82, 2.24) is 5.32 Å². The predicted molar refractivity (Wildman–Crippen MR) is 96.5 cm³/mol. The van der Waals surface area contributed by atoms with Crippen LogP contribution in [0.5, 0.6) is 5.75 Å². The highest BCUT2D eigenvalue weighted by Crippen LogP contribution is 2.27. The van der Waals surface area contributed by atoms with Gasteiger partial charge in [-0.25, -0.2) is 0 Å². The largest absolute Gasteiger partial charge is 0.497 e. The van der Waals surface area contributed by atoms with E-state index in [0.717, 1.165) is 5.56 Å². The zero-order valence-electron chi connectivity index (χ0n) is 14.7. The lowest BCUT2D eigenvalue weighted by atomic mass is 9.90. The van der Waals surface area contributed by atoms with Gasteiger partial charge in [-0.1, -0.05) is 49.4 Å². The third kappa shape index (κ3) is 4.81. The molecule has 0 aromatic heterocycles. The standard InChI is InChI=1S/C20H25NO4/c1-13(19(22)16-9-11-17(25-3)12-10-16)18(20(23)24)21-14(2)15-7-5-4-6-8-15/h4-14,18-19,21-22H,1-3H3,(H,23,24)/t13-,14+,18+,19+/m1/s1. The number of aliphatic carboxylic acids is 1. The van der Waals surface area contributed by atoms with Gasteiger partial charge >= 0.3 is 5.97 Å². The van der Waals surface area contributed by atoms with E-state index in [0.29, 0.717) is 11.3 Å². The molecule has 2 aromatic rings. The number of rotatable bonds is 8. The van der Waals surface area contributed by atoms with Crippen molar-refractivity contribution in [2.45, 2.75) is 32.0 Å². The summed E-state index contributed by atoms with van der Waals surface area (Å²) in [6, 6.07) is 15.6. The molecule has 0 aliphatic rings. The van der Waals surface area contributed by atoms with Gasteiger partial charge < -0.3 is 14.9 Å². The molecule has 2 rings (SSSR count). The number of aliphatic hydroxyl groups is 1. The van der Waals surface area contributed by atoms with Crippen LogP contribution in [0, 0.1) is 5.92 Å². The summed E-state index contributed by atoms with van der Waals surface area (Å²) in [6.07, 6.45) is -0.900. The molecule has 25 heavy (non-hydrogen) atoms. The Morgan fingerprint density at radius 1 is 1.00 bits per heavy atom. The molecule has 4 atom stereocenters. The second-order valence-electron chi connectivity index (χ2n) is 6.19. The third-order valence-corrected chi connectivity index (χ3v) is 4.48. The summed E-state index contributed by atoms with van der Waals surface area (Å²) < 4.78 is 5.11. The van der Waals surface area contributed by atoms with Gasteiger partial charge in [0.1, 0.15) is 11.8 Å². The SMILES string of the molecule is COc1ccc([C@@H](O)[C@H](C)[C@H](N[C@@H](C)c2ccccc2)C(=O)O)cc1. The van der Waals surface area contributed by atoms with Crippen LogP contribution in [0.3, 0.4) is 0 Å². The van der Waals surface area contributed by atoms with Crippen LogP contribution >= 0.6 is 0 Å². The monoisotopic (exact) mass is 343 g/mol. The summed E-state index contributed by atoms with van der Waals surface area (Å²) in [5, 5.41) is 23.4. The summed E-state index contributed by atoms with van der Waals surface area (Å²) in [5.41, 5.74) is 1.66. The maximum atomic E-state index is 11.8. The number of benzene rings is 2. The van der Waals surface area contributed by atoms with E-state index >= 15 is 0 Å². The molecule has 0 amide bonds. The zero-order chi connectivity index (χ0) is 18.4. The van der Waals surface area contributed by atoms with Crippen molar-refractivity contribution in [3.05, 3.63) is 65.7 Å². The van der Waals surface area contributed by atoms with Crippen molar-refractivity contribution in [3.8, 4) is 5.75 Å². The Bertz CT molecular complexity index is 672. The molecule has 0 aliphatic carbocycles. The molecule has 0 radical (unpaired) electrons. The Morgan fingerprint density at radius 2 is 1.60 bits per heavy atom. The highest BCUT2D eigenvalue weighted by molar-refractivity contribution is 5.74. The molecule has 0 fully saturated rings. The third-order valence-electron chi connectivity index (χ3n) is 4.48. The molecule has 3 N–H and O–H groups in total. The smallest absolute Gasteiger partial charge is 0.321 e. The van der Waals surface area contributed by atoms with E-state index in [2.05, 4.69) is 5.32 Å². The average molecular weight is 343 g/mol. The van der Waals surface area contributed by atoms with E-state index in [9.17, 15) is 15.0 Å². The van der Waals surface area contributed by atoms with Gasteiger partial charge in [0.2, 0.25) is 0 Å². The highest BCUT2D eigenvalue weighted by atomic mass is 16.5. The lowest BCUT2D eigenvalue weighted by molar-refractivity contribution is -0.142. The van der Waals surface area contributed by atoms with Crippen LogP contribution in [0.1, 0.15) is 37.1 Å². The van der Waals surface area contributed by atoms with E-state index in [-0.39, 0.29) is 6.04 Å². The minimum atomic E-state index is -0.983. The van der Waals surface area contributed by atoms with Crippen LogP contribution in [0.4, 0.5) is 0 Å². The van der Waals surface area contributed by atoms with Crippen molar-refractivity contribution in [1.29, 1.82) is 0 Å².